The molecule has 0 radical (unpaired) electrons. The third-order valence-corrected chi connectivity index (χ3v) is 5.41. The third kappa shape index (κ3) is 5.32. The average molecular weight is 412 g/mol. The lowest BCUT2D eigenvalue weighted by atomic mass is 10.1. The smallest absolute Gasteiger partial charge is 0.261 e. The number of aryl methyl sites for hydroxylation is 1. The maximum absolute atomic E-state index is 12.8. The number of para-hydroxylation sites is 1. The number of aromatic nitrogens is 1. The third-order valence-electron chi connectivity index (χ3n) is 4.47. The summed E-state index contributed by atoms with van der Waals surface area (Å²) in [5.74, 6) is -0.128. The van der Waals surface area contributed by atoms with Gasteiger partial charge in [0, 0.05) is 14.1 Å². The minimum Gasteiger partial charge on any atom is -0.483 e. The molecule has 7 heteroatoms. The zero-order chi connectivity index (χ0) is 20.8. The summed E-state index contributed by atoms with van der Waals surface area (Å²) >= 11 is 1.45. The Labute approximate surface area is 174 Å². The molecule has 0 spiro atoms. The van der Waals surface area contributed by atoms with Crippen LogP contribution in [0.25, 0.3) is 10.2 Å². The number of unbranched alkanes of at least 4 members (excludes halogenated alkanes) is 1. The van der Waals surface area contributed by atoms with Gasteiger partial charge in [0.05, 0.1) is 15.8 Å². The molecule has 0 atom stereocenters. The Bertz CT molecular complexity index is 1010. The van der Waals surface area contributed by atoms with Crippen molar-refractivity contribution in [1.82, 2.24) is 9.88 Å². The number of hydrogen-bond donors (Lipinski definition) is 1. The number of carbonyl (C=O) groups excluding carboxylic acids is 2. The van der Waals surface area contributed by atoms with Gasteiger partial charge in [-0.2, -0.15) is 0 Å². The Kier molecular flexibility index (Phi) is 6.82. The van der Waals surface area contributed by atoms with Crippen molar-refractivity contribution >= 4 is 38.5 Å². The van der Waals surface area contributed by atoms with E-state index in [1.54, 1.807) is 38.4 Å². The number of thiazole rings is 1. The number of carbonyl (C=O) groups is 2. The largest absolute Gasteiger partial charge is 0.483 e. The first-order chi connectivity index (χ1) is 14.0. The predicted molar refractivity (Wildman–Crippen MR) is 117 cm³/mol. The van der Waals surface area contributed by atoms with Gasteiger partial charge < -0.3 is 9.64 Å². The number of likely N-dealkylation sites (N-methyl/N-ethyl adjacent to an activating group) is 1. The standard InChI is InChI=1S/C22H25N3O3S/c1-4-5-8-15-11-12-17-19(13-15)29-22(23-17)24-21(27)16-9-6-7-10-18(16)28-14-20(26)25(2)3/h6-7,9-13H,4-5,8,14H2,1-3H3,(H,23,24,27). The van der Waals surface area contributed by atoms with Crippen LogP contribution in [0.1, 0.15) is 35.7 Å². The molecule has 152 valence electrons. The van der Waals surface area contributed by atoms with E-state index in [-0.39, 0.29) is 18.4 Å². The summed E-state index contributed by atoms with van der Waals surface area (Å²) in [4.78, 5) is 30.5. The molecule has 0 saturated heterocycles. The van der Waals surface area contributed by atoms with Crippen molar-refractivity contribution < 1.29 is 14.3 Å². The number of hydrogen-bond acceptors (Lipinski definition) is 5. The van der Waals surface area contributed by atoms with Crippen LogP contribution < -0.4 is 10.1 Å². The molecule has 1 aromatic heterocycles. The van der Waals surface area contributed by atoms with E-state index < -0.39 is 0 Å². The minimum atomic E-state index is -0.317. The van der Waals surface area contributed by atoms with Crippen molar-refractivity contribution in [2.24, 2.45) is 0 Å². The quantitative estimate of drug-likeness (QED) is 0.598. The van der Waals surface area contributed by atoms with Crippen LogP contribution in [0.15, 0.2) is 42.5 Å². The first kappa shape index (κ1) is 20.8. The van der Waals surface area contributed by atoms with E-state index in [9.17, 15) is 9.59 Å². The molecule has 0 fully saturated rings. The maximum Gasteiger partial charge on any atom is 0.261 e. The Morgan fingerprint density at radius 3 is 2.72 bits per heavy atom. The van der Waals surface area contributed by atoms with Gasteiger partial charge in [-0.3, -0.25) is 14.9 Å². The molecule has 6 nitrogen and oxygen atoms in total. The first-order valence-electron chi connectivity index (χ1n) is 9.60. The molecule has 2 aromatic carbocycles. The van der Waals surface area contributed by atoms with Crippen molar-refractivity contribution in [3.8, 4) is 5.75 Å². The van der Waals surface area contributed by atoms with Gasteiger partial charge in [-0.15, -0.1) is 0 Å². The summed E-state index contributed by atoms with van der Waals surface area (Å²) in [7, 11) is 3.32. The van der Waals surface area contributed by atoms with Crippen molar-refractivity contribution in [3.05, 3.63) is 53.6 Å². The summed E-state index contributed by atoms with van der Waals surface area (Å²) in [6, 6.07) is 13.1. The van der Waals surface area contributed by atoms with E-state index in [2.05, 4.69) is 29.4 Å². The molecule has 1 N–H and O–H groups in total. The number of amides is 2. The number of anilines is 1. The average Bonchev–Trinajstić information content (AvgIpc) is 3.11. The Morgan fingerprint density at radius 2 is 1.97 bits per heavy atom. The van der Waals surface area contributed by atoms with Crippen LogP contribution in [0.5, 0.6) is 5.75 Å². The SMILES string of the molecule is CCCCc1ccc2nc(NC(=O)c3ccccc3OCC(=O)N(C)C)sc2c1. The molecule has 0 bridgehead atoms. The summed E-state index contributed by atoms with van der Waals surface area (Å²) in [6.45, 7) is 2.05. The zero-order valence-electron chi connectivity index (χ0n) is 16.9. The van der Waals surface area contributed by atoms with Crippen molar-refractivity contribution in [2.75, 3.05) is 26.0 Å². The van der Waals surface area contributed by atoms with Crippen LogP contribution in [0.2, 0.25) is 0 Å². The summed E-state index contributed by atoms with van der Waals surface area (Å²) in [6.07, 6.45) is 3.35. The number of benzene rings is 2. The van der Waals surface area contributed by atoms with Gasteiger partial charge >= 0.3 is 0 Å². The van der Waals surface area contributed by atoms with Gasteiger partial charge in [-0.05, 0) is 42.7 Å². The molecule has 0 aliphatic carbocycles. The molecular weight excluding hydrogens is 386 g/mol. The Balaban J connectivity index is 1.74. The van der Waals surface area contributed by atoms with E-state index in [1.165, 1.54) is 21.8 Å². The maximum atomic E-state index is 12.8. The summed E-state index contributed by atoms with van der Waals surface area (Å²) in [5.41, 5.74) is 2.51. The fourth-order valence-electron chi connectivity index (χ4n) is 2.77. The number of nitrogens with one attached hydrogen (secondary N) is 1. The van der Waals surface area contributed by atoms with Crippen LogP contribution in [-0.2, 0) is 11.2 Å². The minimum absolute atomic E-state index is 0.126. The number of fused-ring (bicyclic) bond motifs is 1. The lowest BCUT2D eigenvalue weighted by Crippen LogP contribution is -2.28. The molecule has 3 rings (SSSR count). The van der Waals surface area contributed by atoms with Gasteiger partial charge in [-0.25, -0.2) is 4.98 Å². The van der Waals surface area contributed by atoms with Gasteiger partial charge in [0.15, 0.2) is 11.7 Å². The molecule has 1 heterocycles. The molecule has 0 aliphatic rings. The van der Waals surface area contributed by atoms with Gasteiger partial charge in [0.1, 0.15) is 5.75 Å². The van der Waals surface area contributed by atoms with E-state index in [4.69, 9.17) is 4.74 Å². The van der Waals surface area contributed by atoms with Crippen LogP contribution in [-0.4, -0.2) is 42.4 Å². The molecular formula is C22H25N3O3S. The number of ether oxygens (including phenoxy) is 1. The fourth-order valence-corrected chi connectivity index (χ4v) is 3.70. The number of rotatable bonds is 8. The molecule has 29 heavy (non-hydrogen) atoms. The van der Waals surface area contributed by atoms with Crippen LogP contribution >= 0.6 is 11.3 Å². The van der Waals surface area contributed by atoms with Crippen LogP contribution in [0.4, 0.5) is 5.13 Å². The molecule has 2 amide bonds. The molecule has 0 aliphatic heterocycles. The normalized spacial score (nSPS) is 10.7. The monoisotopic (exact) mass is 411 g/mol. The highest BCUT2D eigenvalue weighted by molar-refractivity contribution is 7.22. The van der Waals surface area contributed by atoms with Crippen molar-refractivity contribution in [1.29, 1.82) is 0 Å². The topological polar surface area (TPSA) is 71.5 Å². The van der Waals surface area contributed by atoms with E-state index in [1.807, 2.05) is 6.07 Å². The van der Waals surface area contributed by atoms with Crippen molar-refractivity contribution in [3.63, 3.8) is 0 Å². The first-order valence-corrected chi connectivity index (χ1v) is 10.4. The van der Waals surface area contributed by atoms with Crippen LogP contribution in [0.3, 0.4) is 0 Å². The highest BCUT2D eigenvalue weighted by atomic mass is 32.1. The van der Waals surface area contributed by atoms with E-state index in [0.29, 0.717) is 16.4 Å². The van der Waals surface area contributed by atoms with Gasteiger partial charge in [-0.1, -0.05) is 42.9 Å². The molecule has 0 saturated carbocycles. The molecule has 0 unspecified atom stereocenters. The predicted octanol–water partition coefficient (Wildman–Crippen LogP) is 4.36. The Morgan fingerprint density at radius 1 is 1.17 bits per heavy atom. The lowest BCUT2D eigenvalue weighted by molar-refractivity contribution is -0.130. The zero-order valence-corrected chi connectivity index (χ0v) is 17.7. The Hall–Kier alpha value is -2.93. The second-order valence-electron chi connectivity index (χ2n) is 6.95. The van der Waals surface area contributed by atoms with Gasteiger partial charge in [0.25, 0.3) is 11.8 Å². The summed E-state index contributed by atoms with van der Waals surface area (Å²) in [5, 5.41) is 3.39. The highest BCUT2D eigenvalue weighted by Crippen LogP contribution is 2.28. The van der Waals surface area contributed by atoms with Crippen LogP contribution in [0, 0.1) is 0 Å². The van der Waals surface area contributed by atoms with Crippen molar-refractivity contribution in [2.45, 2.75) is 26.2 Å². The van der Waals surface area contributed by atoms with Gasteiger partial charge in [0.2, 0.25) is 0 Å². The summed E-state index contributed by atoms with van der Waals surface area (Å²) < 4.78 is 6.61. The van der Waals surface area contributed by atoms with E-state index in [0.717, 1.165) is 29.5 Å². The highest BCUT2D eigenvalue weighted by Gasteiger charge is 2.16. The number of nitrogens with zero attached hydrogens (tertiary/aromatic N) is 2. The second-order valence-corrected chi connectivity index (χ2v) is 7.98. The molecule has 3 aromatic rings. The van der Waals surface area contributed by atoms with E-state index >= 15 is 0 Å². The lowest BCUT2D eigenvalue weighted by Gasteiger charge is -2.13. The second kappa shape index (κ2) is 9.52. The fraction of sp³-hybridized carbons (Fsp3) is 0.318.